The molecular weight excluding hydrogens is 306 g/mol. The number of hydrogen-bond donors (Lipinski definition) is 2. The molecule has 3 rings (SSSR count). The summed E-state index contributed by atoms with van der Waals surface area (Å²) in [6, 6.07) is 13.1. The highest BCUT2D eigenvalue weighted by atomic mass is 35.5. The van der Waals surface area contributed by atoms with E-state index >= 15 is 0 Å². The zero-order chi connectivity index (χ0) is 15.5. The first-order valence-corrected chi connectivity index (χ1v) is 6.91. The van der Waals surface area contributed by atoms with Gasteiger partial charge in [-0.2, -0.15) is 5.16 Å². The van der Waals surface area contributed by atoms with E-state index in [1.165, 1.54) is 12.1 Å². The Labute approximate surface area is 130 Å². The molecule has 1 heterocycles. The molecule has 1 aromatic heterocycles. The van der Waals surface area contributed by atoms with Gasteiger partial charge < -0.3 is 14.4 Å². The smallest absolute Gasteiger partial charge is 0.280 e. The molecule has 6 heteroatoms. The van der Waals surface area contributed by atoms with Gasteiger partial charge in [-0.15, -0.1) is 0 Å². The van der Waals surface area contributed by atoms with Crippen LogP contribution < -0.4 is 10.3 Å². The van der Waals surface area contributed by atoms with Crippen molar-refractivity contribution in [2.24, 2.45) is 0 Å². The van der Waals surface area contributed by atoms with Crippen molar-refractivity contribution in [2.45, 2.75) is 6.42 Å². The molecule has 2 N–H and O–H groups in total. The van der Waals surface area contributed by atoms with Gasteiger partial charge in [-0.1, -0.05) is 23.7 Å². The number of benzene rings is 2. The molecule has 2 aromatic carbocycles. The van der Waals surface area contributed by atoms with Crippen molar-refractivity contribution in [1.29, 1.82) is 0 Å². The molecule has 0 radical (unpaired) electrons. The Balaban J connectivity index is 1.94. The summed E-state index contributed by atoms with van der Waals surface area (Å²) in [5, 5.41) is 12.4. The lowest BCUT2D eigenvalue weighted by Crippen LogP contribution is -1.95. The van der Waals surface area contributed by atoms with E-state index in [2.05, 4.69) is 5.16 Å². The topological polar surface area (TPSA) is 75.5 Å². The molecule has 0 unspecified atom stereocenters. The van der Waals surface area contributed by atoms with Crippen molar-refractivity contribution < 1.29 is 14.4 Å². The number of phenolic OH excluding ortho intramolecular Hbond substituents is 1. The molecule has 0 bridgehead atoms. The molecule has 22 heavy (non-hydrogen) atoms. The number of aromatic nitrogens is 1. The molecule has 0 atom stereocenters. The summed E-state index contributed by atoms with van der Waals surface area (Å²) in [6.07, 6.45) is 0.299. The lowest BCUT2D eigenvalue weighted by atomic mass is 10.1. The van der Waals surface area contributed by atoms with Crippen LogP contribution in [0.25, 0.3) is 0 Å². The minimum Gasteiger partial charge on any atom is -0.508 e. The van der Waals surface area contributed by atoms with E-state index in [1.54, 1.807) is 30.3 Å². The maximum absolute atomic E-state index is 11.1. The van der Waals surface area contributed by atoms with Crippen LogP contribution in [0.15, 0.2) is 57.8 Å². The van der Waals surface area contributed by atoms with E-state index < -0.39 is 0 Å². The van der Waals surface area contributed by atoms with Gasteiger partial charge in [0.1, 0.15) is 23.0 Å². The van der Waals surface area contributed by atoms with E-state index in [-0.39, 0.29) is 11.3 Å². The van der Waals surface area contributed by atoms with Crippen LogP contribution in [-0.2, 0) is 6.42 Å². The molecule has 0 aliphatic rings. The zero-order valence-corrected chi connectivity index (χ0v) is 12.1. The molecule has 0 saturated heterocycles. The summed E-state index contributed by atoms with van der Waals surface area (Å²) < 4.78 is 10.8. The van der Waals surface area contributed by atoms with Crippen LogP contribution in [0.4, 0.5) is 0 Å². The number of ether oxygens (including phenoxy) is 1. The second-order valence-corrected chi connectivity index (χ2v) is 5.09. The number of aromatic hydroxyl groups is 1. The lowest BCUT2D eigenvalue weighted by Gasteiger charge is -2.11. The number of para-hydroxylation sites is 1. The maximum Gasteiger partial charge on any atom is 0.280 e. The Hall–Kier alpha value is -2.66. The quantitative estimate of drug-likeness (QED) is 0.769. The number of nitrogens with one attached hydrogen (secondary N) is 1. The number of phenols is 1. The molecule has 3 aromatic rings. The third kappa shape index (κ3) is 3.15. The van der Waals surface area contributed by atoms with E-state index in [0.717, 1.165) is 0 Å². The summed E-state index contributed by atoms with van der Waals surface area (Å²) in [5.41, 5.74) is 0.353. The zero-order valence-electron chi connectivity index (χ0n) is 11.4. The highest BCUT2D eigenvalue weighted by Crippen LogP contribution is 2.33. The second kappa shape index (κ2) is 5.99. The van der Waals surface area contributed by atoms with Gasteiger partial charge in [0.05, 0.1) is 5.02 Å². The van der Waals surface area contributed by atoms with Crippen molar-refractivity contribution in [1.82, 2.24) is 5.16 Å². The average Bonchev–Trinajstić information content (AvgIpc) is 2.89. The van der Waals surface area contributed by atoms with E-state index in [1.807, 2.05) is 6.07 Å². The third-order valence-electron chi connectivity index (χ3n) is 3.04. The second-order valence-electron chi connectivity index (χ2n) is 4.68. The predicted molar refractivity (Wildman–Crippen MR) is 81.8 cm³/mol. The van der Waals surface area contributed by atoms with Crippen molar-refractivity contribution >= 4 is 11.6 Å². The van der Waals surface area contributed by atoms with Gasteiger partial charge in [-0.25, -0.2) is 0 Å². The fourth-order valence-corrected chi connectivity index (χ4v) is 2.22. The molecule has 0 aliphatic heterocycles. The lowest BCUT2D eigenvalue weighted by molar-refractivity contribution is 0.382. The van der Waals surface area contributed by atoms with E-state index in [0.29, 0.717) is 34.3 Å². The van der Waals surface area contributed by atoms with E-state index in [9.17, 15) is 9.90 Å². The predicted octanol–water partition coefficient (Wildman–Crippen LogP) is 3.71. The minimum absolute atomic E-state index is 0.0967. The van der Waals surface area contributed by atoms with Gasteiger partial charge in [-0.05, 0) is 30.3 Å². The summed E-state index contributed by atoms with van der Waals surface area (Å²) in [5.74, 6) is 1.57. The van der Waals surface area contributed by atoms with Gasteiger partial charge in [-0.3, -0.25) is 4.79 Å². The van der Waals surface area contributed by atoms with Gasteiger partial charge in [0, 0.05) is 18.1 Å². The van der Waals surface area contributed by atoms with Crippen LogP contribution in [0, 0.1) is 0 Å². The average molecular weight is 318 g/mol. The van der Waals surface area contributed by atoms with Crippen molar-refractivity contribution in [3.8, 4) is 17.2 Å². The number of hydrogen-bond acceptors (Lipinski definition) is 4. The Bertz CT molecular complexity index is 853. The first kappa shape index (κ1) is 14.3. The molecule has 0 fully saturated rings. The molecule has 0 saturated carbocycles. The number of aromatic amines is 1. The monoisotopic (exact) mass is 317 g/mol. The molecule has 0 aliphatic carbocycles. The third-order valence-corrected chi connectivity index (χ3v) is 3.35. The largest absolute Gasteiger partial charge is 0.508 e. The molecular formula is C16H12ClNO4. The van der Waals surface area contributed by atoms with Crippen molar-refractivity contribution in [2.75, 3.05) is 0 Å². The van der Waals surface area contributed by atoms with Crippen molar-refractivity contribution in [3.05, 3.63) is 75.2 Å². The Kier molecular flexibility index (Phi) is 3.89. The Morgan fingerprint density at radius 3 is 2.68 bits per heavy atom. The van der Waals surface area contributed by atoms with Gasteiger partial charge in [0.25, 0.3) is 5.56 Å². The number of H-pyrrole nitrogens is 1. The standard InChI is InChI=1S/C16H12ClNO4/c17-13-3-1-2-4-15(13)21-14-6-5-11(19)7-10(14)8-12-9-16(20)18-22-12/h1-7,9,19H,8H2,(H,18,20). The maximum atomic E-state index is 11.1. The Morgan fingerprint density at radius 2 is 1.95 bits per heavy atom. The van der Waals surface area contributed by atoms with Gasteiger partial charge in [0.2, 0.25) is 0 Å². The highest BCUT2D eigenvalue weighted by Gasteiger charge is 2.11. The summed E-state index contributed by atoms with van der Waals surface area (Å²) >= 11 is 6.08. The highest BCUT2D eigenvalue weighted by molar-refractivity contribution is 6.32. The van der Waals surface area contributed by atoms with Crippen LogP contribution in [0.2, 0.25) is 5.02 Å². The van der Waals surface area contributed by atoms with E-state index in [4.69, 9.17) is 20.9 Å². The van der Waals surface area contributed by atoms with Crippen LogP contribution in [0.1, 0.15) is 11.3 Å². The summed E-state index contributed by atoms with van der Waals surface area (Å²) in [7, 11) is 0. The van der Waals surface area contributed by atoms with Crippen LogP contribution in [-0.4, -0.2) is 10.3 Å². The molecule has 0 amide bonds. The fourth-order valence-electron chi connectivity index (χ4n) is 2.05. The number of rotatable bonds is 4. The minimum atomic E-state index is -0.316. The first-order chi connectivity index (χ1) is 10.6. The van der Waals surface area contributed by atoms with Crippen LogP contribution in [0.5, 0.6) is 17.2 Å². The summed E-state index contributed by atoms with van der Waals surface area (Å²) in [6.45, 7) is 0. The first-order valence-electron chi connectivity index (χ1n) is 6.53. The number of halogens is 1. The fraction of sp³-hybridized carbons (Fsp3) is 0.0625. The van der Waals surface area contributed by atoms with Gasteiger partial charge in [0.15, 0.2) is 0 Å². The van der Waals surface area contributed by atoms with Crippen molar-refractivity contribution in [3.63, 3.8) is 0 Å². The molecule has 0 spiro atoms. The van der Waals surface area contributed by atoms with Crippen LogP contribution in [0.3, 0.4) is 0 Å². The Morgan fingerprint density at radius 1 is 1.14 bits per heavy atom. The normalized spacial score (nSPS) is 10.6. The SMILES string of the molecule is O=c1cc(Cc2cc(O)ccc2Oc2ccccc2Cl)o[nH]1. The van der Waals surface area contributed by atoms with Crippen LogP contribution >= 0.6 is 11.6 Å². The molecule has 112 valence electrons. The summed E-state index contributed by atoms with van der Waals surface area (Å²) in [4.78, 5) is 11.1. The van der Waals surface area contributed by atoms with Gasteiger partial charge >= 0.3 is 0 Å². The molecule has 5 nitrogen and oxygen atoms in total.